The van der Waals surface area contributed by atoms with E-state index in [1.807, 2.05) is 0 Å². The van der Waals surface area contributed by atoms with Crippen LogP contribution in [0.2, 0.25) is 0 Å². The van der Waals surface area contributed by atoms with Crippen LogP contribution in [0.4, 0.5) is 0 Å². The molecule has 108 valence electrons. The second-order valence-corrected chi connectivity index (χ2v) is 8.64. The van der Waals surface area contributed by atoms with E-state index in [0.717, 1.165) is 0 Å². The minimum absolute atomic E-state index is 0.199. The molecule has 1 aromatic carbocycles. The average molecular weight is 260 g/mol. The maximum absolute atomic E-state index is 2.41. The van der Waals surface area contributed by atoms with Crippen molar-refractivity contribution in [3.05, 3.63) is 35.4 Å². The van der Waals surface area contributed by atoms with E-state index in [2.05, 4.69) is 79.7 Å². The van der Waals surface area contributed by atoms with Crippen molar-refractivity contribution in [2.24, 2.45) is 10.8 Å². The lowest BCUT2D eigenvalue weighted by Gasteiger charge is -2.39. The lowest BCUT2D eigenvalue weighted by molar-refractivity contribution is 0.225. The lowest BCUT2D eigenvalue weighted by Crippen LogP contribution is -2.34. The first-order valence-electron chi connectivity index (χ1n) is 7.53. The Labute approximate surface area is 120 Å². The quantitative estimate of drug-likeness (QED) is 0.626. The van der Waals surface area contributed by atoms with E-state index < -0.39 is 0 Å². The SMILES string of the molecule is CC(C)(C)CCc1cccc(C(C)(C)C(C)(C)C)c1. The van der Waals surface area contributed by atoms with Crippen molar-refractivity contribution in [3.8, 4) is 0 Å². The topological polar surface area (TPSA) is 0 Å². The van der Waals surface area contributed by atoms with Gasteiger partial charge in [-0.05, 0) is 40.2 Å². The second kappa shape index (κ2) is 5.31. The van der Waals surface area contributed by atoms with E-state index in [1.54, 1.807) is 0 Å². The minimum atomic E-state index is 0.199. The molecule has 0 fully saturated rings. The number of hydrogen-bond acceptors (Lipinski definition) is 0. The molecule has 0 atom stereocenters. The fraction of sp³-hybridized carbons (Fsp3) is 0.684. The molecule has 0 aromatic heterocycles. The van der Waals surface area contributed by atoms with Crippen molar-refractivity contribution in [2.75, 3.05) is 0 Å². The predicted octanol–water partition coefficient (Wildman–Crippen LogP) is 5.99. The van der Waals surface area contributed by atoms with Crippen LogP contribution in [-0.4, -0.2) is 0 Å². The molecule has 0 heterocycles. The van der Waals surface area contributed by atoms with E-state index in [1.165, 1.54) is 24.0 Å². The molecular weight excluding hydrogens is 228 g/mol. The fourth-order valence-electron chi connectivity index (χ4n) is 2.07. The first-order chi connectivity index (χ1) is 8.43. The molecule has 19 heavy (non-hydrogen) atoms. The first-order valence-corrected chi connectivity index (χ1v) is 7.53. The monoisotopic (exact) mass is 260 g/mol. The van der Waals surface area contributed by atoms with Crippen LogP contribution < -0.4 is 0 Å². The van der Waals surface area contributed by atoms with Gasteiger partial charge in [0, 0.05) is 0 Å². The number of hydrogen-bond donors (Lipinski definition) is 0. The zero-order valence-corrected chi connectivity index (χ0v) is 14.2. The van der Waals surface area contributed by atoms with Crippen LogP contribution in [0, 0.1) is 10.8 Å². The molecule has 0 amide bonds. The van der Waals surface area contributed by atoms with E-state index in [-0.39, 0.29) is 10.8 Å². The van der Waals surface area contributed by atoms with Gasteiger partial charge in [0.2, 0.25) is 0 Å². The number of benzene rings is 1. The Morgan fingerprint density at radius 3 is 1.89 bits per heavy atom. The Morgan fingerprint density at radius 1 is 0.842 bits per heavy atom. The second-order valence-electron chi connectivity index (χ2n) is 8.64. The van der Waals surface area contributed by atoms with Crippen LogP contribution in [0.15, 0.2) is 24.3 Å². The summed E-state index contributed by atoms with van der Waals surface area (Å²) in [4.78, 5) is 0. The molecule has 0 aliphatic heterocycles. The van der Waals surface area contributed by atoms with Crippen LogP contribution in [0.3, 0.4) is 0 Å². The normalized spacial score (nSPS) is 13.7. The van der Waals surface area contributed by atoms with Gasteiger partial charge in [-0.15, -0.1) is 0 Å². The van der Waals surface area contributed by atoms with Crippen molar-refractivity contribution < 1.29 is 0 Å². The highest BCUT2D eigenvalue weighted by molar-refractivity contribution is 5.31. The molecule has 0 spiro atoms. The van der Waals surface area contributed by atoms with Crippen molar-refractivity contribution in [1.29, 1.82) is 0 Å². The summed E-state index contributed by atoms with van der Waals surface area (Å²) in [5.41, 5.74) is 3.83. The zero-order chi connectivity index (χ0) is 14.9. The number of rotatable bonds is 3. The Balaban J connectivity index is 2.95. The van der Waals surface area contributed by atoms with E-state index in [0.29, 0.717) is 5.41 Å². The molecule has 0 bridgehead atoms. The van der Waals surface area contributed by atoms with Crippen molar-refractivity contribution >= 4 is 0 Å². The third-order valence-corrected chi connectivity index (χ3v) is 4.69. The van der Waals surface area contributed by atoms with Gasteiger partial charge in [0.05, 0.1) is 0 Å². The summed E-state index contributed by atoms with van der Waals surface area (Å²) < 4.78 is 0. The molecule has 0 saturated heterocycles. The summed E-state index contributed by atoms with van der Waals surface area (Å²) in [7, 11) is 0. The lowest BCUT2D eigenvalue weighted by atomic mass is 9.65. The molecule has 0 N–H and O–H groups in total. The average Bonchev–Trinajstić information content (AvgIpc) is 2.24. The molecule has 1 rings (SSSR count). The van der Waals surface area contributed by atoms with Gasteiger partial charge >= 0.3 is 0 Å². The summed E-state index contributed by atoms with van der Waals surface area (Å²) in [6.45, 7) is 18.6. The zero-order valence-electron chi connectivity index (χ0n) is 14.2. The van der Waals surface area contributed by atoms with Gasteiger partial charge < -0.3 is 0 Å². The van der Waals surface area contributed by atoms with Crippen LogP contribution in [-0.2, 0) is 11.8 Å². The van der Waals surface area contributed by atoms with Gasteiger partial charge in [-0.1, -0.05) is 79.7 Å². The van der Waals surface area contributed by atoms with E-state index in [9.17, 15) is 0 Å². The maximum atomic E-state index is 2.41. The molecular formula is C19H32. The van der Waals surface area contributed by atoms with Crippen LogP contribution in [0.25, 0.3) is 0 Å². The molecule has 0 unspecified atom stereocenters. The molecule has 0 aliphatic carbocycles. The summed E-state index contributed by atoms with van der Waals surface area (Å²) in [5.74, 6) is 0. The molecule has 1 aromatic rings. The first kappa shape index (κ1) is 16.3. The van der Waals surface area contributed by atoms with Gasteiger partial charge in [-0.2, -0.15) is 0 Å². The highest BCUT2D eigenvalue weighted by Gasteiger charge is 2.34. The summed E-state index contributed by atoms with van der Waals surface area (Å²) in [6.07, 6.45) is 2.42. The van der Waals surface area contributed by atoms with Crippen LogP contribution >= 0.6 is 0 Å². The molecule has 0 heteroatoms. The molecule has 0 aliphatic rings. The summed E-state index contributed by atoms with van der Waals surface area (Å²) in [6, 6.07) is 9.19. The molecule has 0 radical (unpaired) electrons. The summed E-state index contributed by atoms with van der Waals surface area (Å²) in [5, 5.41) is 0. The Hall–Kier alpha value is -0.780. The Kier molecular flexibility index (Phi) is 4.55. The van der Waals surface area contributed by atoms with Gasteiger partial charge in [0.1, 0.15) is 0 Å². The molecule has 0 saturated carbocycles. The standard InChI is InChI=1S/C19H32/c1-17(2,3)13-12-15-10-9-11-16(14-15)19(7,8)18(4,5)6/h9-11,14H,12-13H2,1-8H3. The van der Waals surface area contributed by atoms with Crippen molar-refractivity contribution in [3.63, 3.8) is 0 Å². The van der Waals surface area contributed by atoms with Gasteiger partial charge in [-0.25, -0.2) is 0 Å². The fourth-order valence-corrected chi connectivity index (χ4v) is 2.07. The van der Waals surface area contributed by atoms with Crippen LogP contribution in [0.5, 0.6) is 0 Å². The largest absolute Gasteiger partial charge is 0.0617 e. The highest BCUT2D eigenvalue weighted by atomic mass is 14.4. The van der Waals surface area contributed by atoms with Gasteiger partial charge in [0.15, 0.2) is 0 Å². The predicted molar refractivity (Wildman–Crippen MR) is 86.7 cm³/mol. The third-order valence-electron chi connectivity index (χ3n) is 4.69. The Bertz CT molecular complexity index is 410. The minimum Gasteiger partial charge on any atom is -0.0617 e. The van der Waals surface area contributed by atoms with E-state index in [4.69, 9.17) is 0 Å². The maximum Gasteiger partial charge on any atom is -0.00550 e. The number of aryl methyl sites for hydroxylation is 1. The highest BCUT2D eigenvalue weighted by Crippen LogP contribution is 2.41. The van der Waals surface area contributed by atoms with E-state index >= 15 is 0 Å². The van der Waals surface area contributed by atoms with Gasteiger partial charge in [-0.3, -0.25) is 0 Å². The Morgan fingerprint density at radius 2 is 1.42 bits per heavy atom. The summed E-state index contributed by atoms with van der Waals surface area (Å²) >= 11 is 0. The third kappa shape index (κ3) is 4.37. The smallest absolute Gasteiger partial charge is 0.00550 e. The van der Waals surface area contributed by atoms with Crippen molar-refractivity contribution in [2.45, 2.75) is 73.6 Å². The molecule has 0 nitrogen and oxygen atoms in total. The van der Waals surface area contributed by atoms with Gasteiger partial charge in [0.25, 0.3) is 0 Å². The van der Waals surface area contributed by atoms with Crippen LogP contribution in [0.1, 0.15) is 72.9 Å². The van der Waals surface area contributed by atoms with Crippen molar-refractivity contribution in [1.82, 2.24) is 0 Å².